The van der Waals surface area contributed by atoms with Gasteiger partial charge in [-0.3, -0.25) is 9.88 Å². The molecule has 2 atom stereocenters. The van der Waals surface area contributed by atoms with Gasteiger partial charge in [-0.15, -0.1) is 0 Å². The number of hydrogen-bond donors (Lipinski definition) is 3. The smallest absolute Gasteiger partial charge is 0.408 e. The molecule has 0 spiro atoms. The van der Waals surface area contributed by atoms with E-state index in [0.717, 1.165) is 11.1 Å². The first-order valence-corrected chi connectivity index (χ1v) is 9.13. The molecular formula is C21H29N3O3. The minimum atomic E-state index is -1.03. The summed E-state index contributed by atoms with van der Waals surface area (Å²) in [6.45, 7) is 6.41. The van der Waals surface area contributed by atoms with Crippen molar-refractivity contribution in [1.29, 1.82) is 0 Å². The van der Waals surface area contributed by atoms with Crippen molar-refractivity contribution >= 4 is 6.09 Å². The van der Waals surface area contributed by atoms with Crippen LogP contribution in [0.3, 0.4) is 0 Å². The van der Waals surface area contributed by atoms with Gasteiger partial charge < -0.3 is 15.5 Å². The number of nitrogens with one attached hydrogen (secondary N) is 1. The fourth-order valence-corrected chi connectivity index (χ4v) is 3.18. The molecular weight excluding hydrogens is 342 g/mol. The second kappa shape index (κ2) is 9.48. The van der Waals surface area contributed by atoms with Crippen molar-refractivity contribution in [1.82, 2.24) is 15.2 Å². The average molecular weight is 371 g/mol. The van der Waals surface area contributed by atoms with E-state index in [1.54, 1.807) is 12.4 Å². The van der Waals surface area contributed by atoms with Gasteiger partial charge in [0.15, 0.2) is 0 Å². The highest BCUT2D eigenvalue weighted by atomic mass is 16.4. The molecule has 3 N–H and O–H groups in total. The number of rotatable bonds is 8. The van der Waals surface area contributed by atoms with Crippen molar-refractivity contribution in [2.24, 2.45) is 0 Å². The number of aliphatic hydroxyl groups is 1. The molecule has 0 saturated carbocycles. The quantitative estimate of drug-likeness (QED) is 0.664. The molecule has 1 aromatic carbocycles. The third-order valence-electron chi connectivity index (χ3n) is 4.42. The molecule has 1 aromatic heterocycles. The molecule has 6 heteroatoms. The van der Waals surface area contributed by atoms with Crippen LogP contribution >= 0.6 is 0 Å². The number of carboxylic acid groups (broad SMARTS) is 1. The van der Waals surface area contributed by atoms with E-state index >= 15 is 0 Å². The average Bonchev–Trinajstić information content (AvgIpc) is 2.61. The van der Waals surface area contributed by atoms with Crippen LogP contribution in [-0.2, 0) is 13.0 Å². The molecule has 0 aliphatic rings. The predicted octanol–water partition coefficient (Wildman–Crippen LogP) is 2.92. The van der Waals surface area contributed by atoms with Crippen molar-refractivity contribution in [3.05, 3.63) is 66.0 Å². The van der Waals surface area contributed by atoms with Gasteiger partial charge in [-0.05, 0) is 50.5 Å². The van der Waals surface area contributed by atoms with Crippen LogP contribution in [0, 0.1) is 0 Å². The van der Waals surface area contributed by atoms with Crippen molar-refractivity contribution in [3.8, 4) is 0 Å². The summed E-state index contributed by atoms with van der Waals surface area (Å²) in [5.74, 6) is 0. The summed E-state index contributed by atoms with van der Waals surface area (Å²) in [5, 5.41) is 23.9. The number of aromatic nitrogens is 1. The number of hydrogen-bond acceptors (Lipinski definition) is 4. The van der Waals surface area contributed by atoms with Gasteiger partial charge in [0.25, 0.3) is 0 Å². The van der Waals surface area contributed by atoms with Crippen LogP contribution in [0.5, 0.6) is 0 Å². The number of amides is 1. The second-order valence-corrected chi connectivity index (χ2v) is 7.63. The zero-order chi connectivity index (χ0) is 19.9. The topological polar surface area (TPSA) is 85.7 Å². The minimum Gasteiger partial charge on any atom is -0.465 e. The van der Waals surface area contributed by atoms with Gasteiger partial charge in [-0.2, -0.15) is 0 Å². The summed E-state index contributed by atoms with van der Waals surface area (Å²) in [4.78, 5) is 17.3. The van der Waals surface area contributed by atoms with E-state index in [0.29, 0.717) is 19.5 Å². The molecule has 2 rings (SSSR count). The number of nitrogens with zero attached hydrogens (tertiary/aromatic N) is 2. The van der Waals surface area contributed by atoms with E-state index in [1.807, 2.05) is 63.2 Å². The zero-order valence-corrected chi connectivity index (χ0v) is 16.2. The Kier molecular flexibility index (Phi) is 7.33. The Bertz CT molecular complexity index is 702. The fraction of sp³-hybridized carbons (Fsp3) is 0.429. The number of benzene rings is 1. The maximum atomic E-state index is 12.0. The molecule has 0 aliphatic heterocycles. The van der Waals surface area contributed by atoms with Crippen LogP contribution in [0.2, 0.25) is 0 Å². The molecule has 0 radical (unpaired) electrons. The molecule has 6 nitrogen and oxygen atoms in total. The lowest BCUT2D eigenvalue weighted by atomic mass is 9.94. The van der Waals surface area contributed by atoms with Gasteiger partial charge in [0, 0.05) is 31.0 Å². The number of aliphatic hydroxyl groups excluding tert-OH is 1. The summed E-state index contributed by atoms with van der Waals surface area (Å²) in [6.07, 6.45) is 2.01. The highest BCUT2D eigenvalue weighted by Gasteiger charge is 2.37. The lowest BCUT2D eigenvalue weighted by Gasteiger charge is -2.42. The zero-order valence-electron chi connectivity index (χ0n) is 16.2. The molecule has 0 saturated heterocycles. The summed E-state index contributed by atoms with van der Waals surface area (Å²) in [7, 11) is 0. The van der Waals surface area contributed by atoms with Gasteiger partial charge in [-0.1, -0.05) is 30.3 Å². The van der Waals surface area contributed by atoms with E-state index in [4.69, 9.17) is 0 Å². The number of carbonyl (C=O) groups is 1. The monoisotopic (exact) mass is 371 g/mol. The largest absolute Gasteiger partial charge is 0.465 e. The van der Waals surface area contributed by atoms with Crippen LogP contribution in [0.15, 0.2) is 54.9 Å². The first-order valence-electron chi connectivity index (χ1n) is 9.13. The Balaban J connectivity index is 2.13. The molecule has 0 unspecified atom stereocenters. The van der Waals surface area contributed by atoms with E-state index in [-0.39, 0.29) is 0 Å². The molecule has 1 heterocycles. The van der Waals surface area contributed by atoms with E-state index in [1.165, 1.54) is 4.90 Å². The Hall–Kier alpha value is -2.44. The van der Waals surface area contributed by atoms with Crippen molar-refractivity contribution in [3.63, 3.8) is 0 Å². The lowest BCUT2D eigenvalue weighted by molar-refractivity contribution is 0.00770. The van der Waals surface area contributed by atoms with Gasteiger partial charge in [-0.25, -0.2) is 4.79 Å². The Morgan fingerprint density at radius 3 is 2.30 bits per heavy atom. The minimum absolute atomic E-state index is 0.291. The summed E-state index contributed by atoms with van der Waals surface area (Å²) >= 11 is 0. The normalized spacial score (nSPS) is 13.8. The molecule has 1 amide bonds. The predicted molar refractivity (Wildman–Crippen MR) is 106 cm³/mol. The van der Waals surface area contributed by atoms with Crippen LogP contribution < -0.4 is 5.32 Å². The summed E-state index contributed by atoms with van der Waals surface area (Å²) in [6, 6.07) is 12.9. The van der Waals surface area contributed by atoms with Crippen LogP contribution in [0.25, 0.3) is 0 Å². The Morgan fingerprint density at radius 1 is 1.11 bits per heavy atom. The Morgan fingerprint density at radius 2 is 1.74 bits per heavy atom. The SMILES string of the molecule is CC(C)(C)N(C(=O)O)[C@@H](Cc1ccccc1)[C@H](O)CNCc1ccncc1. The third kappa shape index (κ3) is 6.34. The maximum Gasteiger partial charge on any atom is 0.408 e. The van der Waals surface area contributed by atoms with Crippen LogP contribution in [0.4, 0.5) is 4.79 Å². The molecule has 146 valence electrons. The van der Waals surface area contributed by atoms with Gasteiger partial charge in [0.05, 0.1) is 12.1 Å². The van der Waals surface area contributed by atoms with E-state index < -0.39 is 23.8 Å². The summed E-state index contributed by atoms with van der Waals surface area (Å²) in [5.41, 5.74) is 1.42. The molecule has 27 heavy (non-hydrogen) atoms. The highest BCUT2D eigenvalue weighted by Crippen LogP contribution is 2.22. The maximum absolute atomic E-state index is 12.0. The first-order chi connectivity index (χ1) is 12.8. The fourth-order valence-electron chi connectivity index (χ4n) is 3.18. The molecule has 0 fully saturated rings. The van der Waals surface area contributed by atoms with Crippen LogP contribution in [-0.4, -0.2) is 50.4 Å². The van der Waals surface area contributed by atoms with Crippen molar-refractivity contribution in [2.75, 3.05) is 6.54 Å². The van der Waals surface area contributed by atoms with Gasteiger partial charge in [0.2, 0.25) is 0 Å². The molecule has 2 aromatic rings. The second-order valence-electron chi connectivity index (χ2n) is 7.63. The standard InChI is InChI=1S/C21H29N3O3/c1-21(2,3)24(20(26)27)18(13-16-7-5-4-6-8-16)19(25)15-23-14-17-9-11-22-12-10-17/h4-12,18-19,23,25H,13-15H2,1-3H3,(H,26,27)/t18-,19+/m0/s1. The number of pyridine rings is 1. The van der Waals surface area contributed by atoms with E-state index in [2.05, 4.69) is 10.3 Å². The molecule has 0 aliphatic carbocycles. The van der Waals surface area contributed by atoms with E-state index in [9.17, 15) is 15.0 Å². The highest BCUT2D eigenvalue weighted by molar-refractivity contribution is 5.66. The van der Waals surface area contributed by atoms with Gasteiger partial charge >= 0.3 is 6.09 Å². The van der Waals surface area contributed by atoms with Crippen LogP contribution in [0.1, 0.15) is 31.9 Å². The first kappa shape index (κ1) is 20.9. The lowest BCUT2D eigenvalue weighted by Crippen LogP contribution is -2.58. The van der Waals surface area contributed by atoms with Gasteiger partial charge in [0.1, 0.15) is 0 Å². The van der Waals surface area contributed by atoms with Crippen molar-refractivity contribution < 1.29 is 15.0 Å². The summed E-state index contributed by atoms with van der Waals surface area (Å²) < 4.78 is 0. The molecule has 0 bridgehead atoms. The Labute approximate surface area is 160 Å². The van der Waals surface area contributed by atoms with Crippen molar-refractivity contribution in [2.45, 2.75) is 51.4 Å². The third-order valence-corrected chi connectivity index (χ3v) is 4.42.